The summed E-state index contributed by atoms with van der Waals surface area (Å²) in [6, 6.07) is 9.17. The van der Waals surface area contributed by atoms with Gasteiger partial charge in [-0.2, -0.15) is 10.2 Å². The van der Waals surface area contributed by atoms with Gasteiger partial charge in [0.05, 0.1) is 13.6 Å². The number of nitrogens with one attached hydrogen (secondary N) is 1. The van der Waals surface area contributed by atoms with E-state index in [2.05, 4.69) is 10.5 Å². The highest BCUT2D eigenvalue weighted by Crippen LogP contribution is 2.41. The number of allylic oxidation sites excluding steroid dienone is 1. The molecule has 3 aliphatic rings. The van der Waals surface area contributed by atoms with Crippen LogP contribution < -0.4 is 5.43 Å². The molecule has 0 bridgehead atoms. The number of hydrazone groups is 1. The Morgan fingerprint density at radius 1 is 1.21 bits per heavy atom. The Kier molecular flexibility index (Phi) is 7.14. The van der Waals surface area contributed by atoms with Crippen LogP contribution in [0.25, 0.3) is 0 Å². The van der Waals surface area contributed by atoms with Gasteiger partial charge in [-0.15, -0.1) is 0 Å². The van der Waals surface area contributed by atoms with Crippen LogP contribution in [0.5, 0.6) is 0 Å². The summed E-state index contributed by atoms with van der Waals surface area (Å²) in [7, 11) is 2.03. The van der Waals surface area contributed by atoms with Crippen LogP contribution in [-0.4, -0.2) is 65.6 Å². The van der Waals surface area contributed by atoms with Gasteiger partial charge in [0.15, 0.2) is 12.1 Å². The van der Waals surface area contributed by atoms with Gasteiger partial charge in [0.2, 0.25) is 0 Å². The topological polar surface area (TPSA) is 91.2 Å². The van der Waals surface area contributed by atoms with Crippen molar-refractivity contribution in [1.29, 1.82) is 0 Å². The Morgan fingerprint density at radius 2 is 1.97 bits per heavy atom. The van der Waals surface area contributed by atoms with Crippen molar-refractivity contribution in [2.24, 2.45) is 11.0 Å². The lowest BCUT2D eigenvalue weighted by molar-refractivity contribution is -0.913. The smallest absolute Gasteiger partial charge is 0.343 e. The molecule has 2 fully saturated rings. The largest absolute Gasteiger partial charge is 0.457 e. The molecule has 2 unspecified atom stereocenters. The highest BCUT2D eigenvalue weighted by molar-refractivity contribution is 5.81. The van der Waals surface area contributed by atoms with Crippen LogP contribution in [0.3, 0.4) is 0 Å². The number of nitrogens with zero attached hydrogens (tertiary/aromatic N) is 3. The summed E-state index contributed by atoms with van der Waals surface area (Å²) in [5, 5.41) is 17.2. The number of quaternary nitrogens is 1. The standard InChI is InChI=1S/C25H34N4O4/c1-29(18-23(30)27-28-16-8-7-15-26-28)17-9-14-22(29)19-33-24(31)25(32,21-12-5-6-13-21)20-10-3-2-4-11-20/h2-4,8,10-11,15-16,21-22,32H,5-7,9,12-14,17-19H2,1H3/p+1/t22?,25?,29-/m1/s1. The summed E-state index contributed by atoms with van der Waals surface area (Å²) < 4.78 is 6.30. The Hall–Kier alpha value is -2.71. The third kappa shape index (κ3) is 5.12. The first kappa shape index (κ1) is 23.4. The lowest BCUT2D eigenvalue weighted by atomic mass is 9.80. The van der Waals surface area contributed by atoms with Crippen LogP contribution in [0.1, 0.15) is 50.5 Å². The molecular weight excluding hydrogens is 420 g/mol. The van der Waals surface area contributed by atoms with E-state index in [1.54, 1.807) is 24.5 Å². The van der Waals surface area contributed by atoms with Crippen LogP contribution in [0.4, 0.5) is 0 Å². The molecule has 1 aliphatic carbocycles. The molecule has 1 aromatic carbocycles. The maximum atomic E-state index is 13.3. The molecule has 1 saturated carbocycles. The number of ether oxygens (including phenoxy) is 1. The van der Waals surface area contributed by atoms with Crippen molar-refractivity contribution in [2.45, 2.75) is 56.6 Å². The highest BCUT2D eigenvalue weighted by Gasteiger charge is 2.49. The third-order valence-corrected chi connectivity index (χ3v) is 7.40. The molecule has 2 aliphatic heterocycles. The van der Waals surface area contributed by atoms with E-state index in [1.807, 2.05) is 31.3 Å². The SMILES string of the molecule is C[N@+]1(CC(=O)NN2C=CCC=N2)CCCC1COC(=O)C(O)(c1ccccc1)C1CCCC1. The zero-order chi connectivity index (χ0) is 23.3. The van der Waals surface area contributed by atoms with Crippen LogP contribution in [0.2, 0.25) is 0 Å². The Balaban J connectivity index is 1.40. The van der Waals surface area contributed by atoms with Gasteiger partial charge in [0.25, 0.3) is 5.91 Å². The predicted molar refractivity (Wildman–Crippen MR) is 124 cm³/mol. The number of aliphatic hydroxyl groups is 1. The molecule has 1 aromatic rings. The molecule has 33 heavy (non-hydrogen) atoms. The molecule has 0 radical (unpaired) electrons. The molecule has 1 amide bonds. The number of likely N-dealkylation sites (N-methyl/N-ethyl adjacent to an activating group) is 1. The monoisotopic (exact) mass is 455 g/mol. The number of rotatable bonds is 8. The van der Waals surface area contributed by atoms with E-state index in [9.17, 15) is 14.7 Å². The second-order valence-electron chi connectivity index (χ2n) is 9.67. The summed E-state index contributed by atoms with van der Waals surface area (Å²) in [5.74, 6) is -0.844. The van der Waals surface area contributed by atoms with Crippen molar-refractivity contribution in [1.82, 2.24) is 10.5 Å². The minimum atomic E-state index is -1.63. The molecule has 3 atom stereocenters. The van der Waals surface area contributed by atoms with Gasteiger partial charge in [-0.05, 0) is 18.4 Å². The maximum absolute atomic E-state index is 13.3. The molecule has 2 heterocycles. The van der Waals surface area contributed by atoms with Gasteiger partial charge in [-0.3, -0.25) is 4.79 Å². The van der Waals surface area contributed by atoms with Gasteiger partial charge < -0.3 is 14.3 Å². The average Bonchev–Trinajstić information content (AvgIpc) is 3.48. The Morgan fingerprint density at radius 3 is 2.67 bits per heavy atom. The van der Waals surface area contributed by atoms with Gasteiger partial charge in [0.1, 0.15) is 12.6 Å². The van der Waals surface area contributed by atoms with E-state index in [1.165, 1.54) is 5.12 Å². The van der Waals surface area contributed by atoms with Crippen molar-refractivity contribution in [3.05, 3.63) is 48.2 Å². The van der Waals surface area contributed by atoms with E-state index in [4.69, 9.17) is 4.74 Å². The Labute approximate surface area is 195 Å². The number of likely N-dealkylation sites (tertiary alicyclic amines) is 1. The van der Waals surface area contributed by atoms with Crippen molar-refractivity contribution >= 4 is 18.1 Å². The molecule has 1 saturated heterocycles. The van der Waals surface area contributed by atoms with Gasteiger partial charge >= 0.3 is 5.97 Å². The Bertz CT molecular complexity index is 887. The number of hydrazine groups is 1. The number of hydrogen-bond acceptors (Lipinski definition) is 6. The maximum Gasteiger partial charge on any atom is 0.343 e. The third-order valence-electron chi connectivity index (χ3n) is 7.40. The number of carbonyl (C=O) groups is 2. The minimum Gasteiger partial charge on any atom is -0.457 e. The number of carbonyl (C=O) groups excluding carboxylic acids is 2. The molecule has 4 rings (SSSR count). The van der Waals surface area contributed by atoms with E-state index >= 15 is 0 Å². The number of benzene rings is 1. The van der Waals surface area contributed by atoms with Gasteiger partial charge in [0, 0.05) is 37.6 Å². The normalized spacial score (nSPS) is 26.8. The second kappa shape index (κ2) is 10.1. The predicted octanol–water partition coefficient (Wildman–Crippen LogP) is 2.45. The second-order valence-corrected chi connectivity index (χ2v) is 9.67. The van der Waals surface area contributed by atoms with Crippen LogP contribution in [0, 0.1) is 5.92 Å². The summed E-state index contributed by atoms with van der Waals surface area (Å²) in [6.07, 6.45) is 11.6. The number of esters is 1. The lowest BCUT2D eigenvalue weighted by Crippen LogP contribution is -2.56. The summed E-state index contributed by atoms with van der Waals surface area (Å²) in [6.45, 7) is 1.29. The summed E-state index contributed by atoms with van der Waals surface area (Å²) in [4.78, 5) is 26.0. The number of hydrogen-bond donors (Lipinski definition) is 2. The highest BCUT2D eigenvalue weighted by atomic mass is 16.6. The lowest BCUT2D eigenvalue weighted by Gasteiger charge is -2.37. The average molecular weight is 456 g/mol. The van der Waals surface area contributed by atoms with Crippen molar-refractivity contribution in [3.63, 3.8) is 0 Å². The van der Waals surface area contributed by atoms with Gasteiger partial charge in [-0.25, -0.2) is 10.2 Å². The van der Waals surface area contributed by atoms with Crippen molar-refractivity contribution in [3.8, 4) is 0 Å². The zero-order valence-electron chi connectivity index (χ0n) is 19.4. The fourth-order valence-corrected chi connectivity index (χ4v) is 5.44. The van der Waals surface area contributed by atoms with Crippen LogP contribution >= 0.6 is 0 Å². The van der Waals surface area contributed by atoms with E-state index in [-0.39, 0.29) is 31.0 Å². The first-order valence-corrected chi connectivity index (χ1v) is 12.0. The number of amides is 1. The molecule has 0 aromatic heterocycles. The van der Waals surface area contributed by atoms with E-state index in [0.29, 0.717) is 10.0 Å². The molecule has 2 N–H and O–H groups in total. The zero-order valence-corrected chi connectivity index (χ0v) is 19.4. The fourth-order valence-electron chi connectivity index (χ4n) is 5.44. The minimum absolute atomic E-state index is 0.00343. The first-order valence-electron chi connectivity index (χ1n) is 12.0. The molecular formula is C25H35N4O4+. The molecule has 8 heteroatoms. The van der Waals surface area contributed by atoms with Crippen molar-refractivity contribution in [2.75, 3.05) is 26.7 Å². The van der Waals surface area contributed by atoms with Crippen LogP contribution in [0.15, 0.2) is 47.7 Å². The quantitative estimate of drug-likeness (QED) is 0.464. The van der Waals surface area contributed by atoms with E-state index in [0.717, 1.165) is 51.5 Å². The summed E-state index contributed by atoms with van der Waals surface area (Å²) >= 11 is 0. The fraction of sp³-hybridized carbons (Fsp3) is 0.560. The van der Waals surface area contributed by atoms with Crippen LogP contribution in [-0.2, 0) is 19.9 Å². The first-order chi connectivity index (χ1) is 15.9. The molecule has 8 nitrogen and oxygen atoms in total. The van der Waals surface area contributed by atoms with E-state index < -0.39 is 11.6 Å². The van der Waals surface area contributed by atoms with Gasteiger partial charge in [-0.1, -0.05) is 49.2 Å². The summed E-state index contributed by atoms with van der Waals surface area (Å²) in [5.41, 5.74) is 1.75. The molecule has 0 spiro atoms. The molecule has 178 valence electrons. The van der Waals surface area contributed by atoms with Crippen molar-refractivity contribution < 1.29 is 23.9 Å².